The molecular weight excluding hydrogens is 226 g/mol. The first kappa shape index (κ1) is 12.9. The summed E-state index contributed by atoms with van der Waals surface area (Å²) in [4.78, 5) is 13.3. The molecule has 1 aromatic carbocycles. The van der Waals surface area contributed by atoms with Crippen molar-refractivity contribution in [2.24, 2.45) is 5.73 Å². The second kappa shape index (κ2) is 5.40. The molecule has 0 saturated heterocycles. The van der Waals surface area contributed by atoms with Crippen molar-refractivity contribution in [3.8, 4) is 0 Å². The number of nitrogens with one attached hydrogen (secondary N) is 1. The van der Waals surface area contributed by atoms with Gasteiger partial charge >= 0.3 is 0 Å². The third-order valence-corrected chi connectivity index (χ3v) is 3.38. The summed E-state index contributed by atoms with van der Waals surface area (Å²) in [7, 11) is 3.52. The van der Waals surface area contributed by atoms with Crippen LogP contribution in [0.4, 0.5) is 5.69 Å². The second-order valence-corrected chi connectivity index (χ2v) is 5.19. The fraction of sp³-hybridized carbons (Fsp3) is 0.500. The quantitative estimate of drug-likeness (QED) is 0.854. The molecule has 0 radical (unpaired) electrons. The van der Waals surface area contributed by atoms with Crippen LogP contribution in [0.25, 0.3) is 0 Å². The molecule has 0 aromatic heterocycles. The van der Waals surface area contributed by atoms with E-state index in [1.165, 1.54) is 0 Å². The third kappa shape index (κ3) is 3.01. The summed E-state index contributed by atoms with van der Waals surface area (Å²) in [6, 6.07) is 8.44. The maximum atomic E-state index is 11.7. The van der Waals surface area contributed by atoms with Crippen molar-refractivity contribution in [3.63, 3.8) is 0 Å². The molecule has 1 amide bonds. The van der Waals surface area contributed by atoms with Gasteiger partial charge in [-0.3, -0.25) is 4.79 Å². The fourth-order valence-electron chi connectivity index (χ4n) is 2.35. The number of rotatable bonds is 3. The normalized spacial score (nSPS) is 22.8. The van der Waals surface area contributed by atoms with Crippen molar-refractivity contribution in [3.05, 3.63) is 29.8 Å². The summed E-state index contributed by atoms with van der Waals surface area (Å²) in [5.74, 6) is 0.0319. The zero-order valence-corrected chi connectivity index (χ0v) is 11.0. The minimum absolute atomic E-state index is 0.0319. The predicted molar refractivity (Wildman–Crippen MR) is 73.7 cm³/mol. The van der Waals surface area contributed by atoms with Gasteiger partial charge in [-0.25, -0.2) is 0 Å². The lowest BCUT2D eigenvalue weighted by molar-refractivity contribution is 0.0827. The molecule has 1 saturated carbocycles. The van der Waals surface area contributed by atoms with E-state index in [2.05, 4.69) is 5.32 Å². The zero-order chi connectivity index (χ0) is 13.1. The Labute approximate surface area is 108 Å². The Hall–Kier alpha value is -1.55. The van der Waals surface area contributed by atoms with Gasteiger partial charge in [-0.05, 0) is 43.5 Å². The summed E-state index contributed by atoms with van der Waals surface area (Å²) in [6.45, 7) is 0. The van der Waals surface area contributed by atoms with Crippen LogP contribution in [0.15, 0.2) is 24.3 Å². The molecule has 2 unspecified atom stereocenters. The van der Waals surface area contributed by atoms with Gasteiger partial charge in [-0.2, -0.15) is 0 Å². The van der Waals surface area contributed by atoms with Crippen molar-refractivity contribution in [1.82, 2.24) is 4.90 Å². The van der Waals surface area contributed by atoms with Crippen molar-refractivity contribution in [2.45, 2.75) is 31.3 Å². The average Bonchev–Trinajstić information content (AvgIpc) is 2.75. The van der Waals surface area contributed by atoms with Crippen LogP contribution in [-0.4, -0.2) is 37.0 Å². The average molecular weight is 247 g/mol. The summed E-state index contributed by atoms with van der Waals surface area (Å²) in [5, 5.41) is 3.46. The van der Waals surface area contributed by atoms with E-state index in [1.54, 1.807) is 19.0 Å². The molecule has 1 aliphatic rings. The van der Waals surface area contributed by atoms with Gasteiger partial charge in [0.2, 0.25) is 0 Å². The highest BCUT2D eigenvalue weighted by Crippen LogP contribution is 2.22. The Balaban J connectivity index is 1.97. The molecule has 4 heteroatoms. The van der Waals surface area contributed by atoms with E-state index >= 15 is 0 Å². The molecule has 98 valence electrons. The van der Waals surface area contributed by atoms with E-state index in [-0.39, 0.29) is 5.91 Å². The van der Waals surface area contributed by atoms with E-state index in [1.807, 2.05) is 24.3 Å². The van der Waals surface area contributed by atoms with Crippen molar-refractivity contribution in [2.75, 3.05) is 19.4 Å². The molecule has 1 fully saturated rings. The highest BCUT2D eigenvalue weighted by Gasteiger charge is 2.21. The SMILES string of the molecule is CN(C)C(=O)c1ccc(NC2CCC(N)C2)cc1. The molecule has 0 bridgehead atoms. The molecule has 3 N–H and O–H groups in total. The van der Waals surface area contributed by atoms with E-state index in [9.17, 15) is 4.79 Å². The summed E-state index contributed by atoms with van der Waals surface area (Å²) in [5.41, 5.74) is 7.66. The summed E-state index contributed by atoms with van der Waals surface area (Å²) in [6.07, 6.45) is 3.24. The van der Waals surface area contributed by atoms with Gasteiger partial charge in [-0.15, -0.1) is 0 Å². The largest absolute Gasteiger partial charge is 0.382 e. The van der Waals surface area contributed by atoms with Gasteiger partial charge < -0.3 is 16.0 Å². The van der Waals surface area contributed by atoms with Gasteiger partial charge in [0.25, 0.3) is 5.91 Å². The number of carbonyl (C=O) groups excluding carboxylic acids is 1. The topological polar surface area (TPSA) is 58.4 Å². The molecule has 2 rings (SSSR count). The molecule has 1 aromatic rings. The van der Waals surface area contributed by atoms with Gasteiger partial charge in [-0.1, -0.05) is 0 Å². The lowest BCUT2D eigenvalue weighted by Crippen LogP contribution is -2.22. The smallest absolute Gasteiger partial charge is 0.253 e. The number of hydrogen-bond donors (Lipinski definition) is 2. The first-order chi connectivity index (χ1) is 8.56. The Kier molecular flexibility index (Phi) is 3.87. The second-order valence-electron chi connectivity index (χ2n) is 5.19. The number of nitrogens with two attached hydrogens (primary N) is 1. The molecule has 0 aliphatic heterocycles. The molecule has 0 spiro atoms. The first-order valence-electron chi connectivity index (χ1n) is 6.40. The Morgan fingerprint density at radius 1 is 1.28 bits per heavy atom. The van der Waals surface area contributed by atoms with Crippen LogP contribution >= 0.6 is 0 Å². The highest BCUT2D eigenvalue weighted by molar-refractivity contribution is 5.94. The van der Waals surface area contributed by atoms with Gasteiger partial charge in [0.1, 0.15) is 0 Å². The summed E-state index contributed by atoms with van der Waals surface area (Å²) < 4.78 is 0. The van der Waals surface area contributed by atoms with Gasteiger partial charge in [0, 0.05) is 37.4 Å². The van der Waals surface area contributed by atoms with Crippen LogP contribution in [-0.2, 0) is 0 Å². The van der Waals surface area contributed by atoms with Crippen LogP contribution in [0.2, 0.25) is 0 Å². The fourth-order valence-corrected chi connectivity index (χ4v) is 2.35. The minimum atomic E-state index is 0.0319. The lowest BCUT2D eigenvalue weighted by atomic mass is 10.1. The number of nitrogens with zero attached hydrogens (tertiary/aromatic N) is 1. The lowest BCUT2D eigenvalue weighted by Gasteiger charge is -2.15. The Bertz CT molecular complexity index is 414. The number of anilines is 1. The molecule has 18 heavy (non-hydrogen) atoms. The summed E-state index contributed by atoms with van der Waals surface area (Å²) >= 11 is 0. The van der Waals surface area contributed by atoms with E-state index in [0.717, 1.165) is 24.9 Å². The zero-order valence-electron chi connectivity index (χ0n) is 11.0. The van der Waals surface area contributed by atoms with Crippen LogP contribution in [0.5, 0.6) is 0 Å². The molecule has 0 heterocycles. The first-order valence-corrected chi connectivity index (χ1v) is 6.40. The monoisotopic (exact) mass is 247 g/mol. The van der Waals surface area contributed by atoms with Crippen molar-refractivity contribution in [1.29, 1.82) is 0 Å². The number of benzene rings is 1. The minimum Gasteiger partial charge on any atom is -0.382 e. The van der Waals surface area contributed by atoms with E-state index in [0.29, 0.717) is 17.6 Å². The van der Waals surface area contributed by atoms with Crippen LogP contribution in [0.3, 0.4) is 0 Å². The van der Waals surface area contributed by atoms with E-state index in [4.69, 9.17) is 5.73 Å². The highest BCUT2D eigenvalue weighted by atomic mass is 16.2. The molecule has 4 nitrogen and oxygen atoms in total. The molecule has 2 atom stereocenters. The molecular formula is C14H21N3O. The van der Waals surface area contributed by atoms with Gasteiger partial charge in [0.05, 0.1) is 0 Å². The van der Waals surface area contributed by atoms with E-state index < -0.39 is 0 Å². The number of carbonyl (C=O) groups is 1. The third-order valence-electron chi connectivity index (χ3n) is 3.38. The standard InChI is InChI=1S/C14H21N3O/c1-17(2)14(18)10-3-6-12(7-4-10)16-13-8-5-11(15)9-13/h3-4,6-7,11,13,16H,5,8-9,15H2,1-2H3. The Morgan fingerprint density at radius 3 is 2.44 bits per heavy atom. The van der Waals surface area contributed by atoms with Crippen LogP contribution < -0.4 is 11.1 Å². The maximum absolute atomic E-state index is 11.7. The van der Waals surface area contributed by atoms with Gasteiger partial charge in [0.15, 0.2) is 0 Å². The van der Waals surface area contributed by atoms with Crippen molar-refractivity contribution >= 4 is 11.6 Å². The van der Waals surface area contributed by atoms with Crippen LogP contribution in [0, 0.1) is 0 Å². The maximum Gasteiger partial charge on any atom is 0.253 e. The van der Waals surface area contributed by atoms with Crippen LogP contribution in [0.1, 0.15) is 29.6 Å². The molecule has 1 aliphatic carbocycles. The number of hydrogen-bond acceptors (Lipinski definition) is 3. The predicted octanol–water partition coefficient (Wildman–Crippen LogP) is 1.68. The Morgan fingerprint density at radius 2 is 1.94 bits per heavy atom. The van der Waals surface area contributed by atoms with Crippen molar-refractivity contribution < 1.29 is 4.79 Å². The number of amides is 1.